The van der Waals surface area contributed by atoms with Gasteiger partial charge in [0, 0.05) is 16.9 Å². The largest absolute Gasteiger partial charge is 0.293 e. The summed E-state index contributed by atoms with van der Waals surface area (Å²) in [6, 6.07) is 9.85. The van der Waals surface area contributed by atoms with Gasteiger partial charge < -0.3 is 0 Å². The quantitative estimate of drug-likeness (QED) is 0.684. The van der Waals surface area contributed by atoms with Crippen LogP contribution in [0.2, 0.25) is 0 Å². The highest BCUT2D eigenvalue weighted by Crippen LogP contribution is 2.29. The molecule has 1 aliphatic rings. The first-order chi connectivity index (χ1) is 8.16. The average molecular weight is 223 g/mol. The van der Waals surface area contributed by atoms with Gasteiger partial charge in [0.25, 0.3) is 0 Å². The van der Waals surface area contributed by atoms with Crippen LogP contribution in [0.4, 0.5) is 0 Å². The van der Waals surface area contributed by atoms with Gasteiger partial charge in [0.2, 0.25) is 0 Å². The molecule has 1 unspecified atom stereocenters. The van der Waals surface area contributed by atoms with Crippen LogP contribution >= 0.6 is 0 Å². The summed E-state index contributed by atoms with van der Waals surface area (Å²) in [4.78, 5) is 16.7. The van der Waals surface area contributed by atoms with Gasteiger partial charge in [0.15, 0.2) is 5.78 Å². The van der Waals surface area contributed by atoms with E-state index in [0.29, 0.717) is 0 Å². The molecule has 1 aliphatic carbocycles. The van der Waals surface area contributed by atoms with Crippen LogP contribution in [0.5, 0.6) is 0 Å². The van der Waals surface area contributed by atoms with E-state index in [1.165, 1.54) is 0 Å². The van der Waals surface area contributed by atoms with Crippen molar-refractivity contribution in [1.29, 1.82) is 0 Å². The van der Waals surface area contributed by atoms with Crippen LogP contribution in [0.25, 0.3) is 17.0 Å². The third-order valence-corrected chi connectivity index (χ3v) is 3.46. The predicted octanol–water partition coefficient (Wildman–Crippen LogP) is 3.47. The minimum atomic E-state index is -0.0227. The van der Waals surface area contributed by atoms with E-state index in [1.807, 2.05) is 50.3 Å². The topological polar surface area (TPSA) is 30.0 Å². The fourth-order valence-corrected chi connectivity index (χ4v) is 2.22. The predicted molar refractivity (Wildman–Crippen MR) is 68.9 cm³/mol. The van der Waals surface area contributed by atoms with E-state index in [-0.39, 0.29) is 11.7 Å². The average Bonchev–Trinajstić information content (AvgIpc) is 2.34. The number of hydrogen-bond acceptors (Lipinski definition) is 2. The molecule has 3 rings (SSSR count). The van der Waals surface area contributed by atoms with Crippen molar-refractivity contribution >= 4 is 22.8 Å². The molecule has 2 aromatic rings. The second-order valence-electron chi connectivity index (χ2n) is 4.59. The number of allylic oxidation sites excluding steroid dienone is 1. The molecule has 2 nitrogen and oxygen atoms in total. The van der Waals surface area contributed by atoms with Crippen molar-refractivity contribution in [3.8, 4) is 0 Å². The summed E-state index contributed by atoms with van der Waals surface area (Å²) in [7, 11) is 0. The fourth-order valence-electron chi connectivity index (χ4n) is 2.22. The van der Waals surface area contributed by atoms with Crippen molar-refractivity contribution in [2.75, 3.05) is 0 Å². The zero-order valence-electron chi connectivity index (χ0n) is 9.90. The first-order valence-corrected chi connectivity index (χ1v) is 5.79. The first-order valence-electron chi connectivity index (χ1n) is 5.79. The van der Waals surface area contributed by atoms with Crippen molar-refractivity contribution < 1.29 is 4.79 Å². The lowest BCUT2D eigenvalue weighted by atomic mass is 9.86. The molecule has 1 atom stereocenters. The maximum atomic E-state index is 12.2. The van der Waals surface area contributed by atoms with Gasteiger partial charge in [-0.2, -0.15) is 0 Å². The summed E-state index contributed by atoms with van der Waals surface area (Å²) in [6.07, 6.45) is 2.02. The zero-order valence-corrected chi connectivity index (χ0v) is 9.90. The number of carbonyl (C=O) groups is 1. The number of hydrogen-bond donors (Lipinski definition) is 0. The third kappa shape index (κ3) is 1.48. The summed E-state index contributed by atoms with van der Waals surface area (Å²) in [5.74, 6) is 0.156. The molecule has 0 spiro atoms. The Labute approximate surface area is 100.0 Å². The molecule has 0 fully saturated rings. The Morgan fingerprint density at radius 1 is 1.24 bits per heavy atom. The van der Waals surface area contributed by atoms with Gasteiger partial charge in [-0.25, -0.2) is 4.98 Å². The molecule has 17 heavy (non-hydrogen) atoms. The number of benzene rings is 1. The second kappa shape index (κ2) is 3.52. The molecule has 0 saturated heterocycles. The normalized spacial score (nSPS) is 19.1. The Morgan fingerprint density at radius 2 is 2.00 bits per heavy atom. The Morgan fingerprint density at radius 3 is 2.82 bits per heavy atom. The van der Waals surface area contributed by atoms with E-state index < -0.39 is 0 Å². The summed E-state index contributed by atoms with van der Waals surface area (Å²) in [5.41, 5.74) is 3.59. The van der Waals surface area contributed by atoms with Crippen LogP contribution in [-0.4, -0.2) is 10.8 Å². The lowest BCUT2D eigenvalue weighted by molar-refractivity contribution is 0.0946. The highest BCUT2D eigenvalue weighted by molar-refractivity contribution is 6.06. The fraction of sp³-hybridized carbons (Fsp3) is 0.200. The van der Waals surface area contributed by atoms with E-state index in [9.17, 15) is 4.79 Å². The second-order valence-corrected chi connectivity index (χ2v) is 4.59. The molecule has 0 aliphatic heterocycles. The van der Waals surface area contributed by atoms with E-state index in [1.54, 1.807) is 0 Å². The number of fused-ring (bicyclic) bond motifs is 2. The van der Waals surface area contributed by atoms with Crippen molar-refractivity contribution in [3.63, 3.8) is 0 Å². The molecule has 1 aromatic heterocycles. The minimum Gasteiger partial charge on any atom is -0.293 e. The Bertz CT molecular complexity index is 655. The van der Waals surface area contributed by atoms with Crippen LogP contribution in [0, 0.1) is 5.92 Å². The summed E-state index contributed by atoms with van der Waals surface area (Å²) in [5, 5.41) is 1.03. The zero-order chi connectivity index (χ0) is 12.0. The van der Waals surface area contributed by atoms with Crippen LogP contribution < -0.4 is 0 Å². The van der Waals surface area contributed by atoms with Gasteiger partial charge in [0.05, 0.1) is 11.2 Å². The highest BCUT2D eigenvalue weighted by Gasteiger charge is 2.24. The van der Waals surface area contributed by atoms with Crippen LogP contribution in [-0.2, 0) is 0 Å². The number of ketones is 1. The van der Waals surface area contributed by atoms with Crippen LogP contribution in [0.3, 0.4) is 0 Å². The molecular formula is C15H13NO. The van der Waals surface area contributed by atoms with E-state index >= 15 is 0 Å². The third-order valence-electron chi connectivity index (χ3n) is 3.46. The van der Waals surface area contributed by atoms with Gasteiger partial charge >= 0.3 is 0 Å². The molecule has 0 bridgehead atoms. The summed E-state index contributed by atoms with van der Waals surface area (Å²) in [6.45, 7) is 3.94. The van der Waals surface area contributed by atoms with Crippen LogP contribution in [0.1, 0.15) is 29.9 Å². The molecule has 84 valence electrons. The minimum absolute atomic E-state index is 0.0227. The lowest BCUT2D eigenvalue weighted by Gasteiger charge is -2.19. The molecular weight excluding hydrogens is 210 g/mol. The number of aromatic nitrogens is 1. The van der Waals surface area contributed by atoms with E-state index in [2.05, 4.69) is 4.98 Å². The highest BCUT2D eigenvalue weighted by atomic mass is 16.1. The Hall–Kier alpha value is -1.96. The van der Waals surface area contributed by atoms with Gasteiger partial charge in [-0.05, 0) is 25.1 Å². The Kier molecular flexibility index (Phi) is 2.11. The molecule has 2 heteroatoms. The molecule has 0 amide bonds. The number of carbonyl (C=O) groups excluding carboxylic acids is 1. The lowest BCUT2D eigenvalue weighted by Crippen LogP contribution is -2.18. The molecule has 0 saturated carbocycles. The Balaban J connectivity index is 2.34. The monoisotopic (exact) mass is 223 g/mol. The van der Waals surface area contributed by atoms with Gasteiger partial charge in [-0.1, -0.05) is 30.7 Å². The summed E-state index contributed by atoms with van der Waals surface area (Å²) >= 11 is 0. The number of para-hydroxylation sites is 1. The van der Waals surface area contributed by atoms with Crippen molar-refractivity contribution in [2.24, 2.45) is 5.92 Å². The molecule has 1 aromatic carbocycles. The van der Waals surface area contributed by atoms with Gasteiger partial charge in [-0.3, -0.25) is 4.79 Å². The maximum Gasteiger partial charge on any atom is 0.171 e. The van der Waals surface area contributed by atoms with Crippen molar-refractivity contribution in [1.82, 2.24) is 4.98 Å². The van der Waals surface area contributed by atoms with Crippen molar-refractivity contribution in [2.45, 2.75) is 13.8 Å². The van der Waals surface area contributed by atoms with Crippen molar-refractivity contribution in [3.05, 3.63) is 47.2 Å². The van der Waals surface area contributed by atoms with E-state index in [0.717, 1.165) is 27.7 Å². The molecule has 0 N–H and O–H groups in total. The number of Topliss-reactive ketones (excluding diaryl/α,β-unsaturated/α-hetero) is 1. The van der Waals surface area contributed by atoms with Gasteiger partial charge in [-0.15, -0.1) is 0 Å². The SMILES string of the molecule is CC1=Cc2nc3ccccc3cc2C(=O)C1C. The molecule has 1 heterocycles. The number of rotatable bonds is 0. The smallest absolute Gasteiger partial charge is 0.171 e. The first kappa shape index (κ1) is 10.2. The molecule has 0 radical (unpaired) electrons. The van der Waals surface area contributed by atoms with Crippen LogP contribution in [0.15, 0.2) is 35.9 Å². The van der Waals surface area contributed by atoms with Gasteiger partial charge in [0.1, 0.15) is 0 Å². The standard InChI is InChI=1S/C15H13NO/c1-9-7-14-12(15(17)10(9)2)8-11-5-3-4-6-13(11)16-14/h3-8,10H,1-2H3. The number of pyridine rings is 1. The summed E-state index contributed by atoms with van der Waals surface area (Å²) < 4.78 is 0. The number of nitrogens with zero attached hydrogens (tertiary/aromatic N) is 1. The maximum absolute atomic E-state index is 12.2. The van der Waals surface area contributed by atoms with E-state index in [4.69, 9.17) is 0 Å².